The van der Waals surface area contributed by atoms with Crippen LogP contribution in [-0.2, 0) is 4.74 Å². The van der Waals surface area contributed by atoms with E-state index in [0.29, 0.717) is 18.2 Å². The van der Waals surface area contributed by atoms with Crippen molar-refractivity contribution in [2.24, 2.45) is 5.92 Å². The highest BCUT2D eigenvalue weighted by Crippen LogP contribution is 2.22. The average Bonchev–Trinajstić information content (AvgIpc) is 2.93. The molecule has 6 nitrogen and oxygen atoms in total. The van der Waals surface area contributed by atoms with Crippen molar-refractivity contribution >= 4 is 17.7 Å². The van der Waals surface area contributed by atoms with E-state index >= 15 is 0 Å². The molecule has 114 valence electrons. The first kappa shape index (κ1) is 15.3. The van der Waals surface area contributed by atoms with Crippen LogP contribution in [0.1, 0.15) is 30.1 Å². The van der Waals surface area contributed by atoms with Crippen molar-refractivity contribution in [3.05, 3.63) is 29.8 Å². The number of carbonyl (C=O) groups is 2. The number of urea groups is 1. The lowest BCUT2D eigenvalue weighted by atomic mass is 10.00. The summed E-state index contributed by atoms with van der Waals surface area (Å²) in [5.41, 5.74) is 0.602. The molecule has 0 aromatic heterocycles. The zero-order valence-corrected chi connectivity index (χ0v) is 12.0. The van der Waals surface area contributed by atoms with Gasteiger partial charge < -0.3 is 20.5 Å². The number of rotatable bonds is 5. The van der Waals surface area contributed by atoms with Gasteiger partial charge in [-0.15, -0.1) is 0 Å². The van der Waals surface area contributed by atoms with E-state index in [-0.39, 0.29) is 17.7 Å². The zero-order valence-electron chi connectivity index (χ0n) is 12.0. The lowest BCUT2D eigenvalue weighted by Crippen LogP contribution is -2.35. The number of carboxylic acids is 1. The number of anilines is 1. The molecule has 6 heteroatoms. The Bertz CT molecular complexity index is 518. The van der Waals surface area contributed by atoms with Crippen molar-refractivity contribution < 1.29 is 19.4 Å². The second-order valence-corrected chi connectivity index (χ2v) is 5.09. The van der Waals surface area contributed by atoms with E-state index < -0.39 is 5.97 Å². The Balaban J connectivity index is 1.84. The summed E-state index contributed by atoms with van der Waals surface area (Å²) in [6.45, 7) is 3.37. The van der Waals surface area contributed by atoms with Crippen LogP contribution >= 0.6 is 0 Å². The van der Waals surface area contributed by atoms with Crippen LogP contribution in [0.2, 0.25) is 0 Å². The molecule has 0 radical (unpaired) electrons. The summed E-state index contributed by atoms with van der Waals surface area (Å²) in [5, 5.41) is 14.4. The Morgan fingerprint density at radius 2 is 2.24 bits per heavy atom. The molecule has 3 N–H and O–H groups in total. The van der Waals surface area contributed by atoms with Crippen LogP contribution < -0.4 is 10.6 Å². The fraction of sp³-hybridized carbons (Fsp3) is 0.467. The van der Waals surface area contributed by atoms with E-state index in [2.05, 4.69) is 17.6 Å². The summed E-state index contributed by atoms with van der Waals surface area (Å²) in [6, 6.07) is 5.82. The number of aromatic carboxylic acids is 1. The number of nitrogens with one attached hydrogen (secondary N) is 2. The van der Waals surface area contributed by atoms with E-state index in [1.54, 1.807) is 12.1 Å². The minimum Gasteiger partial charge on any atom is -0.478 e. The third kappa shape index (κ3) is 4.19. The molecule has 0 saturated carbocycles. The van der Waals surface area contributed by atoms with Gasteiger partial charge in [0, 0.05) is 24.8 Å². The number of carbonyl (C=O) groups excluding carboxylic acids is 1. The Morgan fingerprint density at radius 3 is 2.95 bits per heavy atom. The van der Waals surface area contributed by atoms with Gasteiger partial charge in [-0.3, -0.25) is 0 Å². The van der Waals surface area contributed by atoms with Crippen molar-refractivity contribution in [3.63, 3.8) is 0 Å². The summed E-state index contributed by atoms with van der Waals surface area (Å²) in [5.74, 6) is -0.681. The maximum absolute atomic E-state index is 11.8. The van der Waals surface area contributed by atoms with Crippen molar-refractivity contribution in [1.29, 1.82) is 0 Å². The molecule has 1 aromatic rings. The number of amides is 2. The highest BCUT2D eigenvalue weighted by atomic mass is 16.5. The molecule has 2 unspecified atom stereocenters. The first-order chi connectivity index (χ1) is 10.1. The molecule has 0 bridgehead atoms. The van der Waals surface area contributed by atoms with Crippen LogP contribution in [0.4, 0.5) is 10.5 Å². The topological polar surface area (TPSA) is 87.7 Å². The zero-order chi connectivity index (χ0) is 15.2. The molecule has 21 heavy (non-hydrogen) atoms. The molecule has 1 heterocycles. The minimum atomic E-state index is -1.02. The molecular weight excluding hydrogens is 272 g/mol. The molecule has 1 aromatic carbocycles. The summed E-state index contributed by atoms with van der Waals surface area (Å²) in [7, 11) is 0. The summed E-state index contributed by atoms with van der Waals surface area (Å²) < 4.78 is 5.57. The molecule has 1 fully saturated rings. The maximum atomic E-state index is 11.8. The van der Waals surface area contributed by atoms with Crippen molar-refractivity contribution in [2.45, 2.75) is 25.9 Å². The average molecular weight is 292 g/mol. The van der Waals surface area contributed by atoms with Gasteiger partial charge in [0.1, 0.15) is 0 Å². The first-order valence-electron chi connectivity index (χ1n) is 7.10. The SMILES string of the molecule is CCC1OCCC1CNC(=O)Nc1cccc(C(=O)O)c1. The van der Waals surface area contributed by atoms with Crippen molar-refractivity contribution in [1.82, 2.24) is 5.32 Å². The molecule has 1 aliphatic rings. The molecule has 1 aliphatic heterocycles. The van der Waals surface area contributed by atoms with Crippen LogP contribution in [0.25, 0.3) is 0 Å². The van der Waals surface area contributed by atoms with Gasteiger partial charge in [0.25, 0.3) is 0 Å². The molecule has 0 aliphatic carbocycles. The van der Waals surface area contributed by atoms with Gasteiger partial charge in [-0.1, -0.05) is 13.0 Å². The summed E-state index contributed by atoms with van der Waals surface area (Å²) in [6.07, 6.45) is 2.10. The van der Waals surface area contributed by atoms with Crippen molar-refractivity contribution in [3.8, 4) is 0 Å². The molecule has 2 atom stereocenters. The molecule has 2 rings (SSSR count). The van der Waals surface area contributed by atoms with Gasteiger partial charge >= 0.3 is 12.0 Å². The second-order valence-electron chi connectivity index (χ2n) is 5.09. The summed E-state index contributed by atoms with van der Waals surface area (Å²) in [4.78, 5) is 22.7. The first-order valence-corrected chi connectivity index (χ1v) is 7.10. The highest BCUT2D eigenvalue weighted by Gasteiger charge is 2.26. The Kier molecular flexibility index (Phi) is 5.16. The van der Waals surface area contributed by atoms with Crippen LogP contribution in [0.15, 0.2) is 24.3 Å². The fourth-order valence-corrected chi connectivity index (χ4v) is 2.51. The van der Waals surface area contributed by atoms with Gasteiger partial charge in [-0.25, -0.2) is 9.59 Å². The second kappa shape index (κ2) is 7.08. The lowest BCUT2D eigenvalue weighted by Gasteiger charge is -2.17. The normalized spacial score (nSPS) is 21.0. The van der Waals surface area contributed by atoms with Gasteiger partial charge in [0.2, 0.25) is 0 Å². The predicted octanol–water partition coefficient (Wildman–Crippen LogP) is 2.32. The van der Waals surface area contributed by atoms with E-state index in [4.69, 9.17) is 9.84 Å². The van der Waals surface area contributed by atoms with Crippen LogP contribution in [0.3, 0.4) is 0 Å². The lowest BCUT2D eigenvalue weighted by molar-refractivity contribution is 0.0697. The monoisotopic (exact) mass is 292 g/mol. The van der Waals surface area contributed by atoms with E-state index in [1.807, 2.05) is 0 Å². The van der Waals surface area contributed by atoms with Crippen LogP contribution in [0.5, 0.6) is 0 Å². The third-order valence-electron chi connectivity index (χ3n) is 3.64. The highest BCUT2D eigenvalue weighted by molar-refractivity contribution is 5.93. The quantitative estimate of drug-likeness (QED) is 0.777. The predicted molar refractivity (Wildman–Crippen MR) is 78.6 cm³/mol. The molecule has 0 spiro atoms. The fourth-order valence-electron chi connectivity index (χ4n) is 2.51. The molecule has 2 amide bonds. The number of benzene rings is 1. The van der Waals surface area contributed by atoms with Crippen LogP contribution in [0, 0.1) is 5.92 Å². The van der Waals surface area contributed by atoms with Crippen LogP contribution in [-0.4, -0.2) is 36.4 Å². The number of hydrogen-bond acceptors (Lipinski definition) is 3. The van der Waals surface area contributed by atoms with E-state index in [0.717, 1.165) is 19.4 Å². The van der Waals surface area contributed by atoms with Gasteiger partial charge in [-0.05, 0) is 31.0 Å². The van der Waals surface area contributed by atoms with Gasteiger partial charge in [0.15, 0.2) is 0 Å². The standard InChI is InChI=1S/C15H20N2O4/c1-2-13-11(6-7-21-13)9-16-15(20)17-12-5-3-4-10(8-12)14(18)19/h3-5,8,11,13H,2,6-7,9H2,1H3,(H,18,19)(H2,16,17,20). The largest absolute Gasteiger partial charge is 0.478 e. The minimum absolute atomic E-state index is 0.142. The summed E-state index contributed by atoms with van der Waals surface area (Å²) >= 11 is 0. The number of carboxylic acid groups (broad SMARTS) is 1. The Hall–Kier alpha value is -2.08. The van der Waals surface area contributed by atoms with E-state index in [9.17, 15) is 9.59 Å². The van der Waals surface area contributed by atoms with Gasteiger partial charge in [0.05, 0.1) is 11.7 Å². The molecular formula is C15H20N2O4. The van der Waals surface area contributed by atoms with Gasteiger partial charge in [-0.2, -0.15) is 0 Å². The third-order valence-corrected chi connectivity index (χ3v) is 3.64. The smallest absolute Gasteiger partial charge is 0.335 e. The number of hydrogen-bond donors (Lipinski definition) is 3. The van der Waals surface area contributed by atoms with E-state index in [1.165, 1.54) is 12.1 Å². The number of ether oxygens (including phenoxy) is 1. The maximum Gasteiger partial charge on any atom is 0.335 e. The molecule has 1 saturated heterocycles. The van der Waals surface area contributed by atoms with Crippen molar-refractivity contribution in [2.75, 3.05) is 18.5 Å². The Morgan fingerprint density at radius 1 is 1.43 bits per heavy atom. The Labute approximate surface area is 123 Å².